The van der Waals surface area contributed by atoms with Crippen LogP contribution in [0.2, 0.25) is 0 Å². The van der Waals surface area contributed by atoms with E-state index in [2.05, 4.69) is 18.7 Å². The Bertz CT molecular complexity index is 688. The highest BCUT2D eigenvalue weighted by atomic mass is 32.2. The van der Waals surface area contributed by atoms with Crippen LogP contribution in [0.1, 0.15) is 32.3 Å². The Morgan fingerprint density at radius 3 is 2.74 bits per heavy atom. The molecule has 1 aliphatic rings. The molecule has 0 radical (unpaired) electrons. The molecule has 0 saturated heterocycles. The highest BCUT2D eigenvalue weighted by Gasteiger charge is 2.27. The number of anilines is 1. The Morgan fingerprint density at radius 1 is 1.43 bits per heavy atom. The van der Waals surface area contributed by atoms with Gasteiger partial charge in [0.05, 0.1) is 11.4 Å². The number of fused-ring (bicyclic) bond motifs is 1. The summed E-state index contributed by atoms with van der Waals surface area (Å²) in [5.41, 5.74) is 1.65. The molecule has 1 aromatic rings. The average Bonchev–Trinajstić information content (AvgIpc) is 2.89. The van der Waals surface area contributed by atoms with E-state index in [9.17, 15) is 13.2 Å². The predicted octanol–water partition coefficient (Wildman–Crippen LogP) is 1.34. The van der Waals surface area contributed by atoms with Crippen LogP contribution in [0.4, 0.5) is 5.69 Å². The average molecular weight is 339 g/mol. The van der Waals surface area contributed by atoms with Gasteiger partial charge in [0, 0.05) is 18.3 Å². The van der Waals surface area contributed by atoms with E-state index in [-0.39, 0.29) is 10.8 Å². The van der Waals surface area contributed by atoms with Crippen molar-refractivity contribution in [1.29, 1.82) is 0 Å². The highest BCUT2D eigenvalue weighted by molar-refractivity contribution is 7.89. The molecule has 2 N–H and O–H groups in total. The van der Waals surface area contributed by atoms with Crippen molar-refractivity contribution >= 4 is 21.6 Å². The Labute approximate surface area is 138 Å². The van der Waals surface area contributed by atoms with Crippen LogP contribution in [0.3, 0.4) is 0 Å². The second-order valence-electron chi connectivity index (χ2n) is 6.18. The van der Waals surface area contributed by atoms with E-state index < -0.39 is 10.0 Å². The highest BCUT2D eigenvalue weighted by Crippen LogP contribution is 2.30. The van der Waals surface area contributed by atoms with Gasteiger partial charge in [-0.15, -0.1) is 0 Å². The van der Waals surface area contributed by atoms with E-state index in [1.54, 1.807) is 17.0 Å². The summed E-state index contributed by atoms with van der Waals surface area (Å²) in [4.78, 5) is 16.4. The van der Waals surface area contributed by atoms with Crippen molar-refractivity contribution in [2.75, 3.05) is 25.0 Å². The number of primary sulfonamides is 1. The normalized spacial score (nSPS) is 15.8. The van der Waals surface area contributed by atoms with Gasteiger partial charge in [-0.3, -0.25) is 9.69 Å². The third kappa shape index (κ3) is 4.10. The first-order valence-corrected chi connectivity index (χ1v) is 9.45. The summed E-state index contributed by atoms with van der Waals surface area (Å²) in [6.45, 7) is 5.19. The standard InChI is InChI=1S/C16H25N3O3S/c1-4-5-12(2)18(3)11-16(20)19-9-8-13-10-14(23(17,21)22)6-7-15(13)19/h6-7,10,12H,4-5,8-9,11H2,1-3H3,(H2,17,21,22)/t12-/m0/s1. The van der Waals surface area contributed by atoms with Gasteiger partial charge in [0.25, 0.3) is 0 Å². The molecular formula is C16H25N3O3S. The zero-order valence-electron chi connectivity index (χ0n) is 13.9. The summed E-state index contributed by atoms with van der Waals surface area (Å²) in [5, 5.41) is 5.16. The van der Waals surface area contributed by atoms with Gasteiger partial charge in [-0.1, -0.05) is 13.3 Å². The molecule has 128 valence electrons. The largest absolute Gasteiger partial charge is 0.311 e. The van der Waals surface area contributed by atoms with E-state index in [0.29, 0.717) is 25.6 Å². The molecule has 23 heavy (non-hydrogen) atoms. The number of amides is 1. The number of benzene rings is 1. The van der Waals surface area contributed by atoms with Crippen LogP contribution in [0.5, 0.6) is 0 Å². The number of sulfonamides is 1. The van der Waals surface area contributed by atoms with E-state index in [0.717, 1.165) is 24.1 Å². The maximum Gasteiger partial charge on any atom is 0.241 e. The van der Waals surface area contributed by atoms with Crippen LogP contribution in [0.15, 0.2) is 23.1 Å². The second kappa shape index (κ2) is 6.98. The monoisotopic (exact) mass is 339 g/mol. The molecule has 0 unspecified atom stereocenters. The number of carbonyl (C=O) groups excluding carboxylic acids is 1. The van der Waals surface area contributed by atoms with Crippen molar-refractivity contribution in [3.05, 3.63) is 23.8 Å². The Balaban J connectivity index is 2.12. The van der Waals surface area contributed by atoms with Crippen LogP contribution in [0.25, 0.3) is 0 Å². The third-order valence-electron chi connectivity index (χ3n) is 4.42. The molecule has 0 spiro atoms. The molecule has 1 aliphatic heterocycles. The molecule has 0 aliphatic carbocycles. The Kier molecular flexibility index (Phi) is 5.44. The summed E-state index contributed by atoms with van der Waals surface area (Å²) >= 11 is 0. The fourth-order valence-corrected chi connectivity index (χ4v) is 3.47. The molecule has 1 heterocycles. The minimum atomic E-state index is -3.71. The van der Waals surface area contributed by atoms with Crippen molar-refractivity contribution in [2.24, 2.45) is 5.14 Å². The van der Waals surface area contributed by atoms with Gasteiger partial charge in [-0.25, -0.2) is 13.6 Å². The first-order chi connectivity index (χ1) is 10.7. The first-order valence-electron chi connectivity index (χ1n) is 7.90. The van der Waals surface area contributed by atoms with Crippen molar-refractivity contribution in [1.82, 2.24) is 4.90 Å². The molecule has 6 nitrogen and oxygen atoms in total. The van der Waals surface area contributed by atoms with Crippen LogP contribution in [-0.4, -0.2) is 45.4 Å². The fraction of sp³-hybridized carbons (Fsp3) is 0.562. The van der Waals surface area contributed by atoms with Crippen LogP contribution < -0.4 is 10.0 Å². The molecule has 1 aromatic carbocycles. The minimum Gasteiger partial charge on any atom is -0.311 e. The molecule has 0 saturated carbocycles. The Morgan fingerprint density at radius 2 is 2.13 bits per heavy atom. The maximum atomic E-state index is 12.6. The Hall–Kier alpha value is -1.44. The molecule has 7 heteroatoms. The number of likely N-dealkylation sites (N-methyl/N-ethyl adjacent to an activating group) is 1. The summed E-state index contributed by atoms with van der Waals surface area (Å²) in [6.07, 6.45) is 2.79. The molecular weight excluding hydrogens is 314 g/mol. The number of hydrogen-bond donors (Lipinski definition) is 1. The number of hydrogen-bond acceptors (Lipinski definition) is 4. The molecule has 0 fully saturated rings. The summed E-state index contributed by atoms with van der Waals surface area (Å²) < 4.78 is 22.8. The number of rotatable bonds is 6. The quantitative estimate of drug-likeness (QED) is 0.848. The summed E-state index contributed by atoms with van der Waals surface area (Å²) in [5.74, 6) is 0.0394. The molecule has 0 bridgehead atoms. The van der Waals surface area contributed by atoms with E-state index in [4.69, 9.17) is 5.14 Å². The SMILES string of the molecule is CCC[C@H](C)N(C)CC(=O)N1CCc2cc(S(N)(=O)=O)ccc21. The van der Waals surface area contributed by atoms with Crippen molar-refractivity contribution in [2.45, 2.75) is 44.0 Å². The molecule has 0 aromatic heterocycles. The van der Waals surface area contributed by atoms with Crippen molar-refractivity contribution in [3.63, 3.8) is 0 Å². The van der Waals surface area contributed by atoms with E-state index >= 15 is 0 Å². The zero-order chi connectivity index (χ0) is 17.2. The fourth-order valence-electron chi connectivity index (χ4n) is 2.91. The van der Waals surface area contributed by atoms with Crippen molar-refractivity contribution in [3.8, 4) is 0 Å². The van der Waals surface area contributed by atoms with Gasteiger partial charge >= 0.3 is 0 Å². The van der Waals surface area contributed by atoms with Gasteiger partial charge in [-0.2, -0.15) is 0 Å². The van der Waals surface area contributed by atoms with Gasteiger partial charge < -0.3 is 4.90 Å². The third-order valence-corrected chi connectivity index (χ3v) is 5.33. The van der Waals surface area contributed by atoms with Gasteiger partial charge in [0.1, 0.15) is 0 Å². The predicted molar refractivity (Wildman–Crippen MR) is 90.9 cm³/mol. The van der Waals surface area contributed by atoms with E-state index in [1.165, 1.54) is 6.07 Å². The van der Waals surface area contributed by atoms with Crippen molar-refractivity contribution < 1.29 is 13.2 Å². The van der Waals surface area contributed by atoms with E-state index in [1.807, 2.05) is 7.05 Å². The minimum absolute atomic E-state index is 0.0394. The number of nitrogens with zero attached hydrogens (tertiary/aromatic N) is 2. The number of nitrogens with two attached hydrogens (primary N) is 1. The molecule has 2 rings (SSSR count). The lowest BCUT2D eigenvalue weighted by Crippen LogP contribution is -2.41. The van der Waals surface area contributed by atoms with Gasteiger partial charge in [0.15, 0.2) is 0 Å². The summed E-state index contributed by atoms with van der Waals surface area (Å²) in [7, 11) is -1.75. The lowest BCUT2D eigenvalue weighted by molar-refractivity contribution is -0.119. The first kappa shape index (κ1) is 17.9. The molecule has 1 atom stereocenters. The molecule has 1 amide bonds. The number of carbonyl (C=O) groups is 1. The van der Waals surface area contributed by atoms with Crippen LogP contribution in [0, 0.1) is 0 Å². The van der Waals surface area contributed by atoms with Gasteiger partial charge in [-0.05, 0) is 50.6 Å². The van der Waals surface area contributed by atoms with Crippen LogP contribution >= 0.6 is 0 Å². The lowest BCUT2D eigenvalue weighted by Gasteiger charge is -2.26. The second-order valence-corrected chi connectivity index (χ2v) is 7.75. The smallest absolute Gasteiger partial charge is 0.241 e. The maximum absolute atomic E-state index is 12.6. The van der Waals surface area contributed by atoms with Crippen LogP contribution in [-0.2, 0) is 21.2 Å². The zero-order valence-corrected chi connectivity index (χ0v) is 14.8. The van der Waals surface area contributed by atoms with Gasteiger partial charge in [0.2, 0.25) is 15.9 Å². The topological polar surface area (TPSA) is 83.7 Å². The lowest BCUT2D eigenvalue weighted by atomic mass is 10.1. The summed E-state index contributed by atoms with van der Waals surface area (Å²) in [6, 6.07) is 5.07.